The Bertz CT molecular complexity index is 662. The van der Waals surface area contributed by atoms with Crippen molar-refractivity contribution in [2.45, 2.75) is 0 Å². The smallest absolute Gasteiger partial charge is 0.252 e. The Balaban J connectivity index is 1.86. The molecule has 2 aromatic carbocycles. The van der Waals surface area contributed by atoms with Gasteiger partial charge in [0.25, 0.3) is 5.91 Å². The van der Waals surface area contributed by atoms with Crippen LogP contribution in [0.15, 0.2) is 42.5 Å². The molecule has 1 N–H and O–H groups in total. The average molecular weight is 340 g/mol. The van der Waals surface area contributed by atoms with Gasteiger partial charge in [-0.25, -0.2) is 0 Å². The van der Waals surface area contributed by atoms with E-state index in [9.17, 15) is 4.79 Å². The first-order valence-electron chi connectivity index (χ1n) is 6.61. The molecule has 0 aromatic heterocycles. The SMILES string of the molecule is COc1ccccc1OCCNC(=O)c1cccc(Cl)c1Cl. The van der Waals surface area contributed by atoms with Crippen molar-refractivity contribution in [3.63, 3.8) is 0 Å². The first-order chi connectivity index (χ1) is 10.6. The molecule has 22 heavy (non-hydrogen) atoms. The average Bonchev–Trinajstić information content (AvgIpc) is 2.54. The molecular weight excluding hydrogens is 325 g/mol. The number of carbonyl (C=O) groups excluding carboxylic acids is 1. The summed E-state index contributed by atoms with van der Waals surface area (Å²) in [6, 6.07) is 12.2. The molecule has 0 saturated heterocycles. The highest BCUT2D eigenvalue weighted by molar-refractivity contribution is 6.43. The number of hydrogen-bond acceptors (Lipinski definition) is 3. The highest BCUT2D eigenvalue weighted by Gasteiger charge is 2.12. The number of halogens is 2. The van der Waals surface area contributed by atoms with Crippen LogP contribution in [0.4, 0.5) is 0 Å². The van der Waals surface area contributed by atoms with Crippen molar-refractivity contribution >= 4 is 29.1 Å². The van der Waals surface area contributed by atoms with Crippen molar-refractivity contribution in [1.82, 2.24) is 5.32 Å². The van der Waals surface area contributed by atoms with Gasteiger partial charge in [-0.05, 0) is 24.3 Å². The van der Waals surface area contributed by atoms with Crippen molar-refractivity contribution in [2.24, 2.45) is 0 Å². The zero-order chi connectivity index (χ0) is 15.9. The molecule has 0 unspecified atom stereocenters. The standard InChI is InChI=1S/C16H15Cl2NO3/c1-21-13-7-2-3-8-14(13)22-10-9-19-16(20)11-5-4-6-12(17)15(11)18/h2-8H,9-10H2,1H3,(H,19,20). The Morgan fingerprint density at radius 2 is 1.82 bits per heavy atom. The predicted molar refractivity (Wildman–Crippen MR) is 87.3 cm³/mol. The van der Waals surface area contributed by atoms with Gasteiger partial charge >= 0.3 is 0 Å². The minimum atomic E-state index is -0.295. The van der Waals surface area contributed by atoms with E-state index in [0.717, 1.165) is 0 Å². The summed E-state index contributed by atoms with van der Waals surface area (Å²) in [6.45, 7) is 0.643. The number of methoxy groups -OCH3 is 1. The van der Waals surface area contributed by atoms with Gasteiger partial charge in [-0.3, -0.25) is 4.79 Å². The Hall–Kier alpha value is -1.91. The number of nitrogens with one attached hydrogen (secondary N) is 1. The summed E-state index contributed by atoms with van der Waals surface area (Å²) in [6.07, 6.45) is 0. The van der Waals surface area contributed by atoms with Crippen molar-refractivity contribution in [1.29, 1.82) is 0 Å². The van der Waals surface area contributed by atoms with Crippen LogP contribution < -0.4 is 14.8 Å². The molecule has 0 spiro atoms. The number of carbonyl (C=O) groups is 1. The molecule has 0 bridgehead atoms. The van der Waals surface area contributed by atoms with Crippen molar-refractivity contribution in [3.05, 3.63) is 58.1 Å². The molecule has 0 saturated carbocycles. The maximum absolute atomic E-state index is 12.0. The fraction of sp³-hybridized carbons (Fsp3) is 0.188. The number of benzene rings is 2. The van der Waals surface area contributed by atoms with E-state index in [2.05, 4.69) is 5.32 Å². The van der Waals surface area contributed by atoms with Crippen LogP contribution in [0.5, 0.6) is 11.5 Å². The quantitative estimate of drug-likeness (QED) is 0.814. The van der Waals surface area contributed by atoms with Crippen molar-refractivity contribution < 1.29 is 14.3 Å². The van der Waals surface area contributed by atoms with E-state index >= 15 is 0 Å². The molecule has 0 radical (unpaired) electrons. The molecular formula is C16H15Cl2NO3. The van der Waals surface area contributed by atoms with Gasteiger partial charge in [0.15, 0.2) is 11.5 Å². The van der Waals surface area contributed by atoms with E-state index in [1.54, 1.807) is 37.4 Å². The highest BCUT2D eigenvalue weighted by atomic mass is 35.5. The van der Waals surface area contributed by atoms with E-state index in [-0.39, 0.29) is 10.9 Å². The number of hydrogen-bond donors (Lipinski definition) is 1. The Kier molecular flexibility index (Phi) is 5.92. The zero-order valence-corrected chi connectivity index (χ0v) is 13.4. The second-order valence-electron chi connectivity index (χ2n) is 4.36. The molecule has 116 valence electrons. The lowest BCUT2D eigenvalue weighted by molar-refractivity contribution is 0.0947. The summed E-state index contributed by atoms with van der Waals surface area (Å²) in [4.78, 5) is 12.0. The van der Waals surface area contributed by atoms with E-state index in [4.69, 9.17) is 32.7 Å². The number of amides is 1. The highest BCUT2D eigenvalue weighted by Crippen LogP contribution is 2.26. The van der Waals surface area contributed by atoms with Gasteiger partial charge in [0.05, 0.1) is 29.3 Å². The largest absolute Gasteiger partial charge is 0.493 e. The summed E-state index contributed by atoms with van der Waals surface area (Å²) in [5, 5.41) is 3.32. The minimum absolute atomic E-state index is 0.243. The Morgan fingerprint density at radius 3 is 2.55 bits per heavy atom. The molecule has 6 heteroatoms. The molecule has 0 heterocycles. The van der Waals surface area contributed by atoms with Gasteiger partial charge in [0.1, 0.15) is 6.61 Å². The topological polar surface area (TPSA) is 47.6 Å². The van der Waals surface area contributed by atoms with Crippen LogP contribution in [0.25, 0.3) is 0 Å². The monoisotopic (exact) mass is 339 g/mol. The lowest BCUT2D eigenvalue weighted by Gasteiger charge is -2.11. The molecule has 0 aliphatic carbocycles. The van der Waals surface area contributed by atoms with Crippen LogP contribution in [0.3, 0.4) is 0 Å². The maximum Gasteiger partial charge on any atom is 0.252 e. The summed E-state index contributed by atoms with van der Waals surface area (Å²) in [5.41, 5.74) is 0.339. The summed E-state index contributed by atoms with van der Waals surface area (Å²) >= 11 is 11.9. The molecule has 1 amide bonds. The summed E-state index contributed by atoms with van der Waals surface area (Å²) in [7, 11) is 1.57. The van der Waals surface area contributed by atoms with Crippen LogP contribution in [0.2, 0.25) is 10.0 Å². The molecule has 2 rings (SSSR count). The molecule has 4 nitrogen and oxygen atoms in total. The number of rotatable bonds is 6. The van der Waals surface area contributed by atoms with Crippen LogP contribution in [0, 0.1) is 0 Å². The third-order valence-electron chi connectivity index (χ3n) is 2.91. The Morgan fingerprint density at radius 1 is 1.09 bits per heavy atom. The maximum atomic E-state index is 12.0. The van der Waals surface area contributed by atoms with Crippen molar-refractivity contribution in [2.75, 3.05) is 20.3 Å². The van der Waals surface area contributed by atoms with E-state index < -0.39 is 0 Å². The number of ether oxygens (including phenoxy) is 2. The Labute approximate surface area is 138 Å². The minimum Gasteiger partial charge on any atom is -0.493 e. The first kappa shape index (κ1) is 16.5. The van der Waals surface area contributed by atoms with Gasteiger partial charge in [0, 0.05) is 0 Å². The molecule has 0 atom stereocenters. The van der Waals surface area contributed by atoms with Gasteiger partial charge in [-0.1, -0.05) is 41.4 Å². The van der Waals surface area contributed by atoms with Crippen LogP contribution in [0.1, 0.15) is 10.4 Å². The third kappa shape index (κ3) is 4.06. The summed E-state index contributed by atoms with van der Waals surface area (Å²) in [5.74, 6) is 0.975. The van der Waals surface area contributed by atoms with Crippen LogP contribution in [-0.2, 0) is 0 Å². The second-order valence-corrected chi connectivity index (χ2v) is 5.14. The van der Waals surface area contributed by atoms with Crippen LogP contribution in [-0.4, -0.2) is 26.2 Å². The number of para-hydroxylation sites is 2. The van der Waals surface area contributed by atoms with E-state index in [1.807, 2.05) is 12.1 Å². The van der Waals surface area contributed by atoms with Gasteiger partial charge in [-0.15, -0.1) is 0 Å². The first-order valence-corrected chi connectivity index (χ1v) is 7.37. The lowest BCUT2D eigenvalue weighted by Crippen LogP contribution is -2.28. The van der Waals surface area contributed by atoms with Gasteiger partial charge in [-0.2, -0.15) is 0 Å². The molecule has 0 fully saturated rings. The predicted octanol–water partition coefficient (Wildman–Crippen LogP) is 3.81. The van der Waals surface area contributed by atoms with E-state index in [1.165, 1.54) is 0 Å². The van der Waals surface area contributed by atoms with Gasteiger partial charge < -0.3 is 14.8 Å². The molecule has 0 aliphatic heterocycles. The van der Waals surface area contributed by atoms with Crippen LogP contribution >= 0.6 is 23.2 Å². The third-order valence-corrected chi connectivity index (χ3v) is 3.73. The van der Waals surface area contributed by atoms with Gasteiger partial charge in [0.2, 0.25) is 0 Å². The molecule has 2 aromatic rings. The van der Waals surface area contributed by atoms with Crippen molar-refractivity contribution in [3.8, 4) is 11.5 Å². The fourth-order valence-electron chi connectivity index (χ4n) is 1.84. The fourth-order valence-corrected chi connectivity index (χ4v) is 2.22. The summed E-state index contributed by atoms with van der Waals surface area (Å²) < 4.78 is 10.7. The zero-order valence-electron chi connectivity index (χ0n) is 11.9. The van der Waals surface area contributed by atoms with E-state index in [0.29, 0.717) is 35.2 Å². The second kappa shape index (κ2) is 7.92. The normalized spacial score (nSPS) is 10.1. The molecule has 0 aliphatic rings. The lowest BCUT2D eigenvalue weighted by atomic mass is 10.2.